The first kappa shape index (κ1) is 16.4. The fourth-order valence-corrected chi connectivity index (χ4v) is 3.39. The molecule has 0 radical (unpaired) electrons. The number of aromatic nitrogens is 2. The van der Waals surface area contributed by atoms with Gasteiger partial charge in [-0.05, 0) is 30.9 Å². The number of fused-ring (bicyclic) bond motifs is 1. The molecule has 1 aliphatic rings. The molecule has 1 aromatic heterocycles. The van der Waals surface area contributed by atoms with Crippen LogP contribution in [0.4, 0.5) is 0 Å². The zero-order valence-corrected chi connectivity index (χ0v) is 14.8. The van der Waals surface area contributed by atoms with E-state index in [0.29, 0.717) is 17.4 Å². The van der Waals surface area contributed by atoms with Gasteiger partial charge in [0.1, 0.15) is 12.8 Å². The van der Waals surface area contributed by atoms with E-state index in [1.165, 1.54) is 5.69 Å². The highest BCUT2D eigenvalue weighted by Crippen LogP contribution is 2.41. The Hall–Kier alpha value is -2.50. The monoisotopic (exact) mass is 329 g/mol. The maximum atomic E-state index is 5.59. The summed E-state index contributed by atoms with van der Waals surface area (Å²) >= 11 is 0. The Morgan fingerprint density at radius 1 is 1.17 bits per heavy atom. The number of para-hydroxylation sites is 1. The average molecular weight is 329 g/mol. The van der Waals surface area contributed by atoms with Crippen molar-refractivity contribution in [1.29, 1.82) is 0 Å². The Kier molecular flexibility index (Phi) is 4.46. The lowest BCUT2D eigenvalue weighted by Crippen LogP contribution is -2.20. The molecule has 1 aliphatic carbocycles. The van der Waals surface area contributed by atoms with Crippen LogP contribution in [0.15, 0.2) is 23.4 Å². The second-order valence-corrected chi connectivity index (χ2v) is 6.07. The third-order valence-electron chi connectivity index (χ3n) is 4.40. The lowest BCUT2D eigenvalue weighted by atomic mass is 9.85. The number of benzene rings is 1. The highest BCUT2D eigenvalue weighted by Gasteiger charge is 2.30. The smallest absolute Gasteiger partial charge is 0.170 e. The molecule has 0 bridgehead atoms. The van der Waals surface area contributed by atoms with Crippen molar-refractivity contribution in [3.63, 3.8) is 0 Å². The third kappa shape index (κ3) is 2.62. The van der Waals surface area contributed by atoms with Gasteiger partial charge in [-0.2, -0.15) is 5.10 Å². The Bertz CT molecular complexity index is 780. The van der Waals surface area contributed by atoms with Crippen molar-refractivity contribution < 1.29 is 14.3 Å². The highest BCUT2D eigenvalue weighted by molar-refractivity contribution is 6.07. The zero-order valence-electron chi connectivity index (χ0n) is 14.8. The number of hydrogen-bond donors (Lipinski definition) is 0. The first-order chi connectivity index (χ1) is 11.6. The fraction of sp³-hybridized carbons (Fsp3) is 0.444. The van der Waals surface area contributed by atoms with Crippen LogP contribution in [0.1, 0.15) is 24.6 Å². The number of rotatable bonds is 4. The summed E-state index contributed by atoms with van der Waals surface area (Å²) in [5.41, 5.74) is 4.89. The van der Waals surface area contributed by atoms with E-state index >= 15 is 0 Å². The van der Waals surface area contributed by atoms with Crippen LogP contribution in [0.5, 0.6) is 11.5 Å². The van der Waals surface area contributed by atoms with Gasteiger partial charge in [0, 0.05) is 23.9 Å². The van der Waals surface area contributed by atoms with Gasteiger partial charge in [-0.1, -0.05) is 18.1 Å². The van der Waals surface area contributed by atoms with Crippen molar-refractivity contribution >= 4 is 5.71 Å². The van der Waals surface area contributed by atoms with Crippen molar-refractivity contribution in [3.8, 4) is 22.8 Å². The van der Waals surface area contributed by atoms with Gasteiger partial charge in [0.25, 0.3) is 0 Å². The van der Waals surface area contributed by atoms with Crippen molar-refractivity contribution in [1.82, 2.24) is 9.78 Å². The molecule has 0 aliphatic heterocycles. The summed E-state index contributed by atoms with van der Waals surface area (Å²) in [6.07, 6.45) is 1.83. The van der Waals surface area contributed by atoms with Crippen LogP contribution in [-0.2, 0) is 18.3 Å². The predicted molar refractivity (Wildman–Crippen MR) is 92.8 cm³/mol. The molecule has 0 amide bonds. The Morgan fingerprint density at radius 3 is 2.62 bits per heavy atom. The zero-order chi connectivity index (χ0) is 17.3. The Balaban J connectivity index is 2.25. The van der Waals surface area contributed by atoms with Gasteiger partial charge >= 0.3 is 0 Å². The molecule has 2 aromatic rings. The fourth-order valence-electron chi connectivity index (χ4n) is 3.39. The molecule has 1 unspecified atom stereocenters. The van der Waals surface area contributed by atoms with Crippen LogP contribution in [0.3, 0.4) is 0 Å². The van der Waals surface area contributed by atoms with E-state index in [1.54, 1.807) is 21.3 Å². The summed E-state index contributed by atoms with van der Waals surface area (Å²) in [6.45, 7) is 2.22. The summed E-state index contributed by atoms with van der Waals surface area (Å²) in [6, 6.07) is 5.81. The number of hydrogen-bond acceptors (Lipinski definition) is 5. The molecular formula is C18H23N3O3. The highest BCUT2D eigenvalue weighted by atomic mass is 16.6. The van der Waals surface area contributed by atoms with Gasteiger partial charge in [-0.3, -0.25) is 4.68 Å². The minimum absolute atomic E-state index is 0.502. The molecule has 0 fully saturated rings. The first-order valence-corrected chi connectivity index (χ1v) is 7.98. The van der Waals surface area contributed by atoms with E-state index in [4.69, 9.17) is 19.4 Å². The van der Waals surface area contributed by atoms with Crippen LogP contribution < -0.4 is 9.47 Å². The molecule has 1 heterocycles. The van der Waals surface area contributed by atoms with Crippen LogP contribution in [0, 0.1) is 5.92 Å². The summed E-state index contributed by atoms with van der Waals surface area (Å²) < 4.78 is 13.0. The van der Waals surface area contributed by atoms with Crippen molar-refractivity contribution in [3.05, 3.63) is 29.5 Å². The van der Waals surface area contributed by atoms with Crippen LogP contribution >= 0.6 is 0 Å². The number of methoxy groups -OCH3 is 2. The van der Waals surface area contributed by atoms with Crippen LogP contribution in [-0.4, -0.2) is 36.8 Å². The molecule has 3 rings (SSSR count). The van der Waals surface area contributed by atoms with E-state index in [-0.39, 0.29) is 0 Å². The molecule has 0 spiro atoms. The predicted octanol–water partition coefficient (Wildman–Crippen LogP) is 3.04. The van der Waals surface area contributed by atoms with Crippen molar-refractivity contribution in [2.45, 2.75) is 19.8 Å². The maximum absolute atomic E-state index is 5.59. The van der Waals surface area contributed by atoms with Gasteiger partial charge in [0.05, 0.1) is 19.9 Å². The van der Waals surface area contributed by atoms with Crippen LogP contribution in [0.2, 0.25) is 0 Å². The summed E-state index contributed by atoms with van der Waals surface area (Å²) in [7, 11) is 6.82. The quantitative estimate of drug-likeness (QED) is 0.809. The average Bonchev–Trinajstić information content (AvgIpc) is 2.91. The van der Waals surface area contributed by atoms with Gasteiger partial charge in [0.15, 0.2) is 11.5 Å². The van der Waals surface area contributed by atoms with Gasteiger partial charge in [-0.25, -0.2) is 0 Å². The second kappa shape index (κ2) is 6.55. The van der Waals surface area contributed by atoms with Crippen LogP contribution in [0.25, 0.3) is 11.3 Å². The van der Waals surface area contributed by atoms with Crippen molar-refractivity contribution in [2.75, 3.05) is 21.3 Å². The van der Waals surface area contributed by atoms with E-state index in [2.05, 4.69) is 12.1 Å². The molecule has 0 saturated heterocycles. The molecule has 0 N–H and O–H groups in total. The Morgan fingerprint density at radius 2 is 1.96 bits per heavy atom. The summed E-state index contributed by atoms with van der Waals surface area (Å²) in [5, 5.41) is 9.02. The Labute approximate surface area is 142 Å². The molecule has 1 atom stereocenters. The lowest BCUT2D eigenvalue weighted by molar-refractivity contribution is 0.212. The minimum Gasteiger partial charge on any atom is -0.493 e. The first-order valence-electron chi connectivity index (χ1n) is 7.98. The summed E-state index contributed by atoms with van der Waals surface area (Å²) in [5.74, 6) is 1.86. The maximum Gasteiger partial charge on any atom is 0.170 e. The number of nitrogens with zero attached hydrogens (tertiary/aromatic N) is 3. The molecular weight excluding hydrogens is 306 g/mol. The topological polar surface area (TPSA) is 57.9 Å². The number of ether oxygens (including phenoxy) is 2. The largest absolute Gasteiger partial charge is 0.493 e. The molecule has 0 saturated carbocycles. The number of oxime groups is 1. The molecule has 128 valence electrons. The summed E-state index contributed by atoms with van der Waals surface area (Å²) in [4.78, 5) is 5.08. The molecule has 1 aromatic carbocycles. The molecule has 24 heavy (non-hydrogen) atoms. The standard InChI is InChI=1S/C18H23N3O3/c1-11-9-13(20-24-5)16-14(10-11)21(2)19-17(16)12-7-6-8-15(22-3)18(12)23-4/h6-8,11H,9-10H2,1-5H3/b20-13-. The van der Waals surface area contributed by atoms with E-state index in [9.17, 15) is 0 Å². The SMILES string of the molecule is CO/N=C1/CC(C)Cc2c1c(-c1cccc(OC)c1OC)nn2C. The molecule has 6 heteroatoms. The molecule has 6 nitrogen and oxygen atoms in total. The van der Waals surface area contributed by atoms with E-state index in [1.807, 2.05) is 29.9 Å². The van der Waals surface area contributed by atoms with Gasteiger partial charge in [0.2, 0.25) is 0 Å². The third-order valence-corrected chi connectivity index (χ3v) is 4.40. The minimum atomic E-state index is 0.502. The number of aryl methyl sites for hydroxylation is 1. The van der Waals surface area contributed by atoms with Crippen molar-refractivity contribution in [2.24, 2.45) is 18.1 Å². The van der Waals surface area contributed by atoms with Gasteiger partial charge in [-0.15, -0.1) is 0 Å². The van der Waals surface area contributed by atoms with E-state index < -0.39 is 0 Å². The second-order valence-electron chi connectivity index (χ2n) is 6.07. The van der Waals surface area contributed by atoms with E-state index in [0.717, 1.165) is 35.4 Å². The lowest BCUT2D eigenvalue weighted by Gasteiger charge is -2.21. The normalized spacial score (nSPS) is 18.4. The van der Waals surface area contributed by atoms with Gasteiger partial charge < -0.3 is 14.3 Å².